The normalized spacial score (nSPS) is 17.3. The Hall–Kier alpha value is -2.48. The Balaban J connectivity index is 1.59. The van der Waals surface area contributed by atoms with Crippen LogP contribution in [0, 0.1) is 5.82 Å². The number of hydrogen-bond acceptors (Lipinski definition) is 4. The van der Waals surface area contributed by atoms with E-state index in [1.807, 2.05) is 6.92 Å². The van der Waals surface area contributed by atoms with Gasteiger partial charge in [0.15, 0.2) is 5.96 Å². The summed E-state index contributed by atoms with van der Waals surface area (Å²) in [6.07, 6.45) is 2.74. The Labute approximate surface area is 152 Å². The minimum atomic E-state index is -0.754. The fourth-order valence-corrected chi connectivity index (χ4v) is 3.17. The van der Waals surface area contributed by atoms with Crippen LogP contribution >= 0.6 is 0 Å². The van der Waals surface area contributed by atoms with E-state index in [9.17, 15) is 9.50 Å². The van der Waals surface area contributed by atoms with Crippen molar-refractivity contribution in [3.05, 3.63) is 47.8 Å². The molecule has 0 spiro atoms. The Morgan fingerprint density at radius 3 is 2.73 bits per heavy atom. The van der Waals surface area contributed by atoms with Crippen molar-refractivity contribution in [1.82, 2.24) is 25.4 Å². The van der Waals surface area contributed by atoms with E-state index in [4.69, 9.17) is 0 Å². The van der Waals surface area contributed by atoms with Gasteiger partial charge in [-0.15, -0.1) is 0 Å². The highest BCUT2D eigenvalue weighted by atomic mass is 19.1. The summed E-state index contributed by atoms with van der Waals surface area (Å²) in [5, 5.41) is 20.5. The molecule has 0 amide bonds. The van der Waals surface area contributed by atoms with Crippen molar-refractivity contribution in [1.29, 1.82) is 0 Å². The van der Waals surface area contributed by atoms with Crippen molar-refractivity contribution in [2.24, 2.45) is 4.99 Å². The quantitative estimate of drug-likeness (QED) is 0.559. The van der Waals surface area contributed by atoms with Gasteiger partial charge in [-0.3, -0.25) is 10.1 Å². The number of hydrogen-bond donors (Lipinski definition) is 3. The SMILES string of the molecule is CCNC(=NCC(O)c1ccc(F)cc1)N1CCC(c2ncn[nH]2)CC1. The number of H-pyrrole nitrogens is 1. The Kier molecular flexibility index (Phi) is 6.17. The van der Waals surface area contributed by atoms with Crippen LogP contribution in [0.2, 0.25) is 0 Å². The molecule has 3 rings (SSSR count). The van der Waals surface area contributed by atoms with Crippen LogP contribution in [-0.2, 0) is 0 Å². The highest BCUT2D eigenvalue weighted by Crippen LogP contribution is 2.25. The summed E-state index contributed by atoms with van der Waals surface area (Å²) < 4.78 is 13.0. The lowest BCUT2D eigenvalue weighted by Gasteiger charge is -2.33. The first-order valence-electron chi connectivity index (χ1n) is 8.99. The van der Waals surface area contributed by atoms with Gasteiger partial charge in [-0.2, -0.15) is 5.10 Å². The molecule has 2 aromatic rings. The lowest BCUT2D eigenvalue weighted by Crippen LogP contribution is -2.45. The monoisotopic (exact) mass is 360 g/mol. The molecule has 1 aliphatic rings. The summed E-state index contributed by atoms with van der Waals surface area (Å²) in [6.45, 7) is 4.74. The number of nitrogens with one attached hydrogen (secondary N) is 2. The van der Waals surface area contributed by atoms with Crippen LogP contribution in [-0.4, -0.2) is 57.3 Å². The van der Waals surface area contributed by atoms with Gasteiger partial charge >= 0.3 is 0 Å². The van der Waals surface area contributed by atoms with E-state index in [0.29, 0.717) is 11.5 Å². The predicted molar refractivity (Wildman–Crippen MR) is 97.3 cm³/mol. The molecule has 1 fully saturated rings. The second-order valence-electron chi connectivity index (χ2n) is 6.39. The third-order valence-corrected chi connectivity index (χ3v) is 4.62. The van der Waals surface area contributed by atoms with Crippen molar-refractivity contribution in [2.75, 3.05) is 26.2 Å². The molecule has 1 aromatic heterocycles. The fraction of sp³-hybridized carbons (Fsp3) is 0.500. The van der Waals surface area contributed by atoms with Crippen molar-refractivity contribution in [3.8, 4) is 0 Å². The zero-order chi connectivity index (χ0) is 18.4. The maximum absolute atomic E-state index is 13.0. The van der Waals surface area contributed by atoms with Gasteiger partial charge in [-0.1, -0.05) is 12.1 Å². The highest BCUT2D eigenvalue weighted by molar-refractivity contribution is 5.80. The number of nitrogens with zero attached hydrogens (tertiary/aromatic N) is 4. The lowest BCUT2D eigenvalue weighted by atomic mass is 9.96. The molecule has 3 N–H and O–H groups in total. The van der Waals surface area contributed by atoms with E-state index >= 15 is 0 Å². The molecule has 2 heterocycles. The molecule has 1 saturated heterocycles. The van der Waals surface area contributed by atoms with Crippen LogP contribution in [0.5, 0.6) is 0 Å². The van der Waals surface area contributed by atoms with Gasteiger partial charge < -0.3 is 15.3 Å². The highest BCUT2D eigenvalue weighted by Gasteiger charge is 2.24. The Morgan fingerprint density at radius 2 is 2.12 bits per heavy atom. The summed E-state index contributed by atoms with van der Waals surface area (Å²) >= 11 is 0. The number of halogens is 1. The van der Waals surface area contributed by atoms with E-state index in [1.165, 1.54) is 12.1 Å². The molecule has 0 bridgehead atoms. The van der Waals surface area contributed by atoms with Crippen molar-refractivity contribution < 1.29 is 9.50 Å². The van der Waals surface area contributed by atoms with Crippen LogP contribution in [0.15, 0.2) is 35.6 Å². The lowest BCUT2D eigenvalue weighted by molar-refractivity contribution is 0.186. The molecule has 0 saturated carbocycles. The topological polar surface area (TPSA) is 89.4 Å². The van der Waals surface area contributed by atoms with Crippen LogP contribution in [0.1, 0.15) is 43.2 Å². The molecule has 0 aliphatic carbocycles. The summed E-state index contributed by atoms with van der Waals surface area (Å²) in [6, 6.07) is 5.88. The first-order valence-corrected chi connectivity index (χ1v) is 8.99. The molecule has 1 aromatic carbocycles. The Bertz CT molecular complexity index is 695. The first-order chi connectivity index (χ1) is 12.7. The molecular weight excluding hydrogens is 335 g/mol. The van der Waals surface area contributed by atoms with Crippen molar-refractivity contribution in [3.63, 3.8) is 0 Å². The molecule has 1 unspecified atom stereocenters. The fourth-order valence-electron chi connectivity index (χ4n) is 3.17. The van der Waals surface area contributed by atoms with Crippen molar-refractivity contribution >= 4 is 5.96 Å². The third kappa shape index (κ3) is 4.57. The summed E-state index contributed by atoms with van der Waals surface area (Å²) in [7, 11) is 0. The van der Waals surface area contributed by atoms with Gasteiger partial charge in [0, 0.05) is 25.6 Å². The van der Waals surface area contributed by atoms with Crippen LogP contribution in [0.4, 0.5) is 4.39 Å². The van der Waals surface area contributed by atoms with Crippen molar-refractivity contribution in [2.45, 2.75) is 31.8 Å². The minimum absolute atomic E-state index is 0.232. The second kappa shape index (κ2) is 8.75. The van der Waals surface area contributed by atoms with E-state index in [2.05, 4.69) is 30.4 Å². The largest absolute Gasteiger partial charge is 0.386 e. The predicted octanol–water partition coefficient (Wildman–Crippen LogP) is 1.82. The average Bonchev–Trinajstić information content (AvgIpc) is 3.20. The molecule has 1 atom stereocenters. The van der Waals surface area contributed by atoms with Gasteiger partial charge in [0.25, 0.3) is 0 Å². The van der Waals surface area contributed by atoms with Gasteiger partial charge in [-0.05, 0) is 37.5 Å². The van der Waals surface area contributed by atoms with E-state index in [1.54, 1.807) is 18.5 Å². The van der Waals surface area contributed by atoms with E-state index in [0.717, 1.165) is 44.3 Å². The van der Waals surface area contributed by atoms with Crippen LogP contribution in [0.25, 0.3) is 0 Å². The number of aromatic nitrogens is 3. The molecule has 7 nitrogen and oxygen atoms in total. The molecule has 8 heteroatoms. The number of benzene rings is 1. The number of guanidine groups is 1. The number of rotatable bonds is 5. The average molecular weight is 360 g/mol. The standard InChI is InChI=1S/C18H25FN6O/c1-2-20-18(21-11-16(26)13-3-5-15(19)6-4-13)25-9-7-14(8-10-25)17-22-12-23-24-17/h3-6,12,14,16,26H,2,7-11H2,1H3,(H,20,21)(H,22,23,24). The zero-order valence-corrected chi connectivity index (χ0v) is 14.9. The van der Waals surface area contributed by atoms with Crippen LogP contribution in [0.3, 0.4) is 0 Å². The summed E-state index contributed by atoms with van der Waals surface area (Å²) in [5.74, 6) is 1.82. The number of aromatic amines is 1. The summed E-state index contributed by atoms with van der Waals surface area (Å²) in [5.41, 5.74) is 0.662. The molecule has 140 valence electrons. The second-order valence-corrected chi connectivity index (χ2v) is 6.39. The maximum atomic E-state index is 13.0. The van der Waals surface area contributed by atoms with E-state index < -0.39 is 6.10 Å². The molecular formula is C18H25FN6O. The van der Waals surface area contributed by atoms with E-state index in [-0.39, 0.29) is 12.4 Å². The maximum Gasteiger partial charge on any atom is 0.194 e. The molecule has 26 heavy (non-hydrogen) atoms. The molecule has 0 radical (unpaired) electrons. The van der Waals surface area contributed by atoms with Gasteiger partial charge in [0.05, 0.1) is 12.6 Å². The summed E-state index contributed by atoms with van der Waals surface area (Å²) in [4.78, 5) is 11.0. The number of aliphatic hydroxyl groups is 1. The number of likely N-dealkylation sites (tertiary alicyclic amines) is 1. The van der Waals surface area contributed by atoms with Crippen LogP contribution < -0.4 is 5.32 Å². The first kappa shape index (κ1) is 18.3. The minimum Gasteiger partial charge on any atom is -0.386 e. The van der Waals surface area contributed by atoms with Gasteiger partial charge in [0.1, 0.15) is 18.0 Å². The number of aliphatic hydroxyl groups excluding tert-OH is 1. The Morgan fingerprint density at radius 1 is 1.38 bits per heavy atom. The third-order valence-electron chi connectivity index (χ3n) is 4.62. The van der Waals surface area contributed by atoms with Gasteiger partial charge in [0.2, 0.25) is 0 Å². The zero-order valence-electron chi connectivity index (χ0n) is 14.9. The number of piperidine rings is 1. The number of aliphatic imine (C=N–C) groups is 1. The molecule has 1 aliphatic heterocycles. The smallest absolute Gasteiger partial charge is 0.194 e. The van der Waals surface area contributed by atoms with Gasteiger partial charge in [-0.25, -0.2) is 9.37 Å².